The summed E-state index contributed by atoms with van der Waals surface area (Å²) in [7, 11) is 4.15. The van der Waals surface area contributed by atoms with Crippen LogP contribution in [0.1, 0.15) is 0 Å². The standard InChI is InChI=1S/CBN.H3N/c2-1-3;/h;1H3/q-1;/p+1. The highest BCUT2D eigenvalue weighted by molar-refractivity contribution is 6.20. The van der Waals surface area contributed by atoms with Crippen molar-refractivity contribution in [1.82, 2.24) is 6.15 Å². The second kappa shape index (κ2) is 21.8. The highest BCUT2D eigenvalue weighted by Crippen LogP contribution is 1.04. The van der Waals surface area contributed by atoms with Crippen LogP contribution in [0.25, 0.3) is 0 Å². The zero-order chi connectivity index (χ0) is 2.71. The van der Waals surface area contributed by atoms with E-state index in [4.69, 9.17) is 5.26 Å². The van der Waals surface area contributed by atoms with E-state index in [2.05, 4.69) is 7.85 Å². The molecule has 0 aliphatic carbocycles. The van der Waals surface area contributed by atoms with Gasteiger partial charge in [-0.1, -0.05) is 0 Å². The van der Waals surface area contributed by atoms with Crippen LogP contribution in [0.15, 0.2) is 0 Å². The maximum absolute atomic E-state index is 7.10. The number of nitriles is 1. The molecule has 0 saturated heterocycles. The average Bonchev–Trinajstić information content (AvgIpc) is 0.918. The van der Waals surface area contributed by atoms with Crippen LogP contribution < -0.4 is 6.15 Å². The van der Waals surface area contributed by atoms with Crippen LogP contribution in [-0.2, 0) is 0 Å². The van der Waals surface area contributed by atoms with Crippen LogP contribution in [0.4, 0.5) is 0 Å². The van der Waals surface area contributed by atoms with Gasteiger partial charge in [-0.05, 0) is 0 Å². The van der Waals surface area contributed by atoms with Crippen molar-refractivity contribution in [3.63, 3.8) is 0 Å². The summed E-state index contributed by atoms with van der Waals surface area (Å²) in [5.41, 5.74) is 0. The lowest BCUT2D eigenvalue weighted by atomic mass is 10.2. The van der Waals surface area contributed by atoms with Gasteiger partial charge in [0.25, 0.3) is 0 Å². The third-order valence-corrected chi connectivity index (χ3v) is 0. The van der Waals surface area contributed by atoms with Gasteiger partial charge in [0, 0.05) is 0 Å². The minimum absolute atomic E-state index is 0. The van der Waals surface area contributed by atoms with Gasteiger partial charge in [0.1, 0.15) is 0 Å². The topological polar surface area (TPSA) is 60.3 Å². The van der Waals surface area contributed by atoms with Crippen molar-refractivity contribution in [3.05, 3.63) is 0 Å². The fraction of sp³-hybridized carbons (Fsp3) is 0. The van der Waals surface area contributed by atoms with Crippen molar-refractivity contribution in [2.45, 2.75) is 0 Å². The summed E-state index contributed by atoms with van der Waals surface area (Å²) >= 11 is 0. The first-order valence-corrected chi connectivity index (χ1v) is 0.512. The molecule has 0 fully saturated rings. The first-order valence-electron chi connectivity index (χ1n) is 0.512. The number of nitrogens with zero attached hydrogens (tertiary/aromatic N) is 1. The van der Waals surface area contributed by atoms with E-state index in [0.717, 1.165) is 0 Å². The van der Waals surface area contributed by atoms with Gasteiger partial charge < -0.3 is 14.0 Å². The molecular weight excluding hydrogens is 50.8 g/mol. The summed E-state index contributed by atoms with van der Waals surface area (Å²) < 4.78 is 0. The Morgan fingerprint density at radius 3 is 1.75 bits per heavy atom. The second-order valence-corrected chi connectivity index (χ2v) is 0.129. The second-order valence-electron chi connectivity index (χ2n) is 0.129. The molecule has 0 amide bonds. The Balaban J connectivity index is 0. The van der Waals surface area contributed by atoms with Crippen LogP contribution >= 0.6 is 0 Å². The minimum atomic E-state index is 0. The summed E-state index contributed by atoms with van der Waals surface area (Å²) in [6.45, 7) is 0. The lowest BCUT2D eigenvalue weighted by Gasteiger charge is -1.50. The van der Waals surface area contributed by atoms with Crippen molar-refractivity contribution in [2.75, 3.05) is 0 Å². The van der Waals surface area contributed by atoms with Crippen molar-refractivity contribution in [3.8, 4) is 5.97 Å². The van der Waals surface area contributed by atoms with E-state index in [1.165, 1.54) is 5.97 Å². The van der Waals surface area contributed by atoms with Crippen LogP contribution in [0.3, 0.4) is 0 Å². The lowest BCUT2D eigenvalue weighted by molar-refractivity contribution is 1.57. The summed E-state index contributed by atoms with van der Waals surface area (Å²) in [5, 5.41) is 7.10. The largest absolute Gasteiger partial charge is 0.466 e. The molecule has 0 atom stereocenters. The average molecular weight is 54.9 g/mol. The predicted octanol–water partition coefficient (Wildman–Crippen LogP) is 0.0122. The van der Waals surface area contributed by atoms with Crippen LogP contribution in [0.5, 0.6) is 0 Å². The molecule has 0 bridgehead atoms. The maximum atomic E-state index is 7.10. The van der Waals surface area contributed by atoms with Crippen molar-refractivity contribution in [2.24, 2.45) is 0 Å². The maximum Gasteiger partial charge on any atom is -0.260 e. The van der Waals surface area contributed by atoms with E-state index in [1.807, 2.05) is 0 Å². The van der Waals surface area contributed by atoms with E-state index in [1.54, 1.807) is 0 Å². The molecule has 4 heavy (non-hydrogen) atoms. The third-order valence-electron chi connectivity index (χ3n) is 0. The Morgan fingerprint density at radius 2 is 1.75 bits per heavy atom. The van der Waals surface area contributed by atoms with Crippen LogP contribution in [0, 0.1) is 11.2 Å². The molecule has 0 heterocycles. The number of rotatable bonds is 0. The third kappa shape index (κ3) is 1.71. The van der Waals surface area contributed by atoms with Gasteiger partial charge in [-0.25, -0.2) is 0 Å². The van der Waals surface area contributed by atoms with Crippen molar-refractivity contribution >= 4 is 7.85 Å². The van der Waals surface area contributed by atoms with Crippen molar-refractivity contribution in [1.29, 1.82) is 5.26 Å². The fourth-order valence-corrected chi connectivity index (χ4v) is 0. The molecule has 2 nitrogen and oxygen atoms in total. The molecule has 0 aliphatic rings. The van der Waals surface area contributed by atoms with Gasteiger partial charge in [0.2, 0.25) is 0 Å². The lowest BCUT2D eigenvalue weighted by Crippen LogP contribution is -1.32. The van der Waals surface area contributed by atoms with Gasteiger partial charge in [0.15, 0.2) is 0 Å². The summed E-state index contributed by atoms with van der Waals surface area (Å²) in [4.78, 5) is 0. The SMILES string of the molecule is [B-]C#N.[NH4+]. The molecule has 0 aromatic carbocycles. The summed E-state index contributed by atoms with van der Waals surface area (Å²) in [6, 6.07) is 0. The van der Waals surface area contributed by atoms with E-state index < -0.39 is 0 Å². The molecule has 21 valence electrons. The van der Waals surface area contributed by atoms with E-state index in [0.29, 0.717) is 0 Å². The molecule has 3 radical (unpaired) electrons. The Bertz CT molecular complexity index is 27.5. The van der Waals surface area contributed by atoms with Crippen molar-refractivity contribution < 1.29 is 0 Å². The quantitative estimate of drug-likeness (QED) is 0.389. The van der Waals surface area contributed by atoms with Gasteiger partial charge in [0.05, 0.1) is 0 Å². The number of quaternary nitrogens is 1. The summed E-state index contributed by atoms with van der Waals surface area (Å²) in [5.74, 6) is 1.25. The molecule has 0 unspecified atom stereocenters. The monoisotopic (exact) mass is 55.0 g/mol. The Hall–Kier alpha value is -0.485. The van der Waals surface area contributed by atoms with Gasteiger partial charge in [-0.15, -0.1) is 0 Å². The van der Waals surface area contributed by atoms with E-state index in [9.17, 15) is 0 Å². The normalized spacial score (nSPS) is 2.00. The Labute approximate surface area is 26.4 Å². The van der Waals surface area contributed by atoms with E-state index >= 15 is 0 Å². The van der Waals surface area contributed by atoms with Gasteiger partial charge in [-0.2, -0.15) is 0 Å². The minimum Gasteiger partial charge on any atom is -0.466 e. The fourth-order valence-electron chi connectivity index (χ4n) is 0. The molecule has 0 saturated carbocycles. The Morgan fingerprint density at radius 1 is 1.75 bits per heavy atom. The number of hydrogen-bond acceptors (Lipinski definition) is 1. The van der Waals surface area contributed by atoms with E-state index in [-0.39, 0.29) is 6.15 Å². The Kier molecular flexibility index (Phi) is 52.7. The molecule has 3 heteroatoms. The zero-order valence-electron chi connectivity index (χ0n) is 2.52. The predicted molar refractivity (Wildman–Crippen MR) is 17.4 cm³/mol. The molecule has 0 aliphatic heterocycles. The first kappa shape index (κ1) is 9.69. The smallest absolute Gasteiger partial charge is 0.260 e. The highest BCUT2D eigenvalue weighted by atomic mass is 14.2. The molecule has 4 N–H and O–H groups in total. The molecule has 0 aromatic heterocycles. The molecule has 0 aromatic rings. The highest BCUT2D eigenvalue weighted by Gasteiger charge is 0.816. The van der Waals surface area contributed by atoms with Gasteiger partial charge >= 0.3 is 0 Å². The molecule has 0 spiro atoms. The van der Waals surface area contributed by atoms with Crippen LogP contribution in [0.2, 0.25) is 0 Å². The van der Waals surface area contributed by atoms with Gasteiger partial charge in [-0.3, -0.25) is 11.2 Å². The number of hydrogen-bond donors (Lipinski definition) is 1. The molecular formula is CH4BN2. The summed E-state index contributed by atoms with van der Waals surface area (Å²) in [6.07, 6.45) is 0. The van der Waals surface area contributed by atoms with Crippen LogP contribution in [-0.4, -0.2) is 7.85 Å². The zero-order valence-corrected chi connectivity index (χ0v) is 2.52. The molecule has 0 rings (SSSR count). The first-order chi connectivity index (χ1) is 1.41.